The number of fused-ring (bicyclic) bond motifs is 1. The fraction of sp³-hybridized carbons (Fsp3) is 0.593. The van der Waals surface area contributed by atoms with Crippen molar-refractivity contribution in [3.8, 4) is 6.07 Å². The van der Waals surface area contributed by atoms with Gasteiger partial charge in [0.25, 0.3) is 0 Å². The van der Waals surface area contributed by atoms with Crippen LogP contribution in [-0.4, -0.2) is 57.3 Å². The van der Waals surface area contributed by atoms with E-state index in [9.17, 15) is 18.5 Å². The second kappa shape index (κ2) is 9.36. The van der Waals surface area contributed by atoms with Crippen LogP contribution in [0.4, 0.5) is 4.39 Å². The van der Waals surface area contributed by atoms with Crippen molar-refractivity contribution in [2.24, 2.45) is 11.3 Å². The highest BCUT2D eigenvalue weighted by atomic mass is 32.2. The molecule has 0 bridgehead atoms. The number of carbonyl (C=O) groups is 1. The number of aromatic nitrogens is 2. The van der Waals surface area contributed by atoms with Crippen molar-refractivity contribution in [3.63, 3.8) is 0 Å². The summed E-state index contributed by atoms with van der Waals surface area (Å²) < 4.78 is 47.8. The lowest BCUT2D eigenvalue weighted by Crippen LogP contribution is -2.47. The van der Waals surface area contributed by atoms with Crippen LogP contribution in [0.25, 0.3) is 5.52 Å². The average molecular weight is 586 g/mol. The van der Waals surface area contributed by atoms with E-state index in [1.54, 1.807) is 4.90 Å². The molecule has 212 valence electrons. The van der Waals surface area contributed by atoms with Gasteiger partial charge in [0.2, 0.25) is 15.9 Å². The number of nitrogens with zero attached hydrogens (tertiary/aromatic N) is 4. The number of hydrogen-bond donors (Lipinski definition) is 3. The Morgan fingerprint density at radius 2 is 1.88 bits per heavy atom. The Bertz CT molecular complexity index is 1570. The molecule has 3 heterocycles. The molecule has 0 spiro atoms. The first-order valence-corrected chi connectivity index (χ1v) is 16.0. The molecule has 10 nitrogen and oxygen atoms in total. The van der Waals surface area contributed by atoms with Crippen molar-refractivity contribution in [2.45, 2.75) is 80.8 Å². The zero-order valence-electron chi connectivity index (χ0n) is 22.3. The van der Waals surface area contributed by atoms with Gasteiger partial charge in [-0.1, -0.05) is 18.2 Å². The molecule has 40 heavy (non-hydrogen) atoms. The number of thioether (sulfide) groups is 1. The van der Waals surface area contributed by atoms with E-state index in [4.69, 9.17) is 10.8 Å². The molecule has 4 aliphatic rings. The van der Waals surface area contributed by atoms with Gasteiger partial charge in [-0.15, -0.1) is 0 Å². The van der Waals surface area contributed by atoms with E-state index in [1.807, 2.05) is 6.92 Å². The van der Waals surface area contributed by atoms with Gasteiger partial charge >= 0.3 is 0 Å². The van der Waals surface area contributed by atoms with Crippen LogP contribution in [0.1, 0.15) is 76.1 Å². The Morgan fingerprint density at radius 3 is 2.42 bits per heavy atom. The van der Waals surface area contributed by atoms with E-state index >= 15 is 4.39 Å². The zero-order valence-corrected chi connectivity index (χ0v) is 23.9. The minimum atomic E-state index is -4.02. The number of rotatable bonds is 7. The fourth-order valence-electron chi connectivity index (χ4n) is 5.44. The molecule has 6 rings (SSSR count). The molecular formula is C27H32FN7O3S2. The minimum absolute atomic E-state index is 0.0255. The molecule has 13 heteroatoms. The van der Waals surface area contributed by atoms with Gasteiger partial charge in [-0.3, -0.25) is 20.0 Å². The Hall–Kier alpha value is -2.82. The predicted octanol–water partition coefficient (Wildman–Crippen LogP) is 4.09. The lowest BCUT2D eigenvalue weighted by atomic mass is 9.82. The van der Waals surface area contributed by atoms with Crippen molar-refractivity contribution in [2.75, 3.05) is 13.1 Å². The van der Waals surface area contributed by atoms with E-state index in [-0.39, 0.29) is 64.1 Å². The molecule has 0 unspecified atom stereocenters. The predicted molar refractivity (Wildman–Crippen MR) is 149 cm³/mol. The average Bonchev–Trinajstić information content (AvgIpc) is 3.78. The Kier molecular flexibility index (Phi) is 6.40. The summed E-state index contributed by atoms with van der Waals surface area (Å²) in [5.41, 5.74) is -2.81. The maximum atomic E-state index is 16.8. The number of pyridine rings is 1. The summed E-state index contributed by atoms with van der Waals surface area (Å²) in [7, 11) is -4.02. The van der Waals surface area contributed by atoms with Crippen LogP contribution in [0.2, 0.25) is 0 Å². The van der Waals surface area contributed by atoms with Gasteiger partial charge in [-0.25, -0.2) is 22.5 Å². The minimum Gasteiger partial charge on any atom is -0.342 e. The van der Waals surface area contributed by atoms with Gasteiger partial charge < -0.3 is 4.90 Å². The molecule has 4 fully saturated rings. The number of piperidine rings is 1. The highest BCUT2D eigenvalue weighted by molar-refractivity contribution is 8.26. The highest BCUT2D eigenvalue weighted by Crippen LogP contribution is 2.49. The molecule has 0 aromatic carbocycles. The summed E-state index contributed by atoms with van der Waals surface area (Å²) in [6, 6.07) is 3.51. The molecule has 2 aromatic heterocycles. The third kappa shape index (κ3) is 4.73. The van der Waals surface area contributed by atoms with Gasteiger partial charge in [0.1, 0.15) is 16.1 Å². The van der Waals surface area contributed by atoms with E-state index in [1.165, 1.54) is 22.9 Å². The first-order chi connectivity index (χ1) is 18.9. The van der Waals surface area contributed by atoms with Crippen LogP contribution in [0.15, 0.2) is 23.4 Å². The molecular weight excluding hydrogens is 553 g/mol. The zero-order chi connectivity index (χ0) is 28.5. The number of sulfonamides is 1. The molecule has 3 saturated carbocycles. The Balaban J connectivity index is 1.36. The number of nitrogens with one attached hydrogen (secondary N) is 3. The first kappa shape index (κ1) is 27.4. The Labute approximate surface area is 236 Å². The number of imidazole rings is 1. The topological polar surface area (TPSA) is 155 Å². The first-order valence-electron chi connectivity index (χ1n) is 13.7. The van der Waals surface area contributed by atoms with Crippen LogP contribution in [-0.2, 0) is 20.5 Å². The lowest BCUT2D eigenvalue weighted by Gasteiger charge is -2.39. The van der Waals surface area contributed by atoms with Crippen LogP contribution < -0.4 is 4.72 Å². The van der Waals surface area contributed by atoms with Crippen LogP contribution in [0.5, 0.6) is 0 Å². The number of likely N-dealkylation sites (tertiary alicyclic amines) is 1. The normalized spacial score (nSPS) is 22.8. The quantitative estimate of drug-likeness (QED) is 0.328. The van der Waals surface area contributed by atoms with Gasteiger partial charge in [0, 0.05) is 49.1 Å². The monoisotopic (exact) mass is 585 g/mol. The summed E-state index contributed by atoms with van der Waals surface area (Å²) in [5.74, 6) is 0.176. The summed E-state index contributed by atoms with van der Waals surface area (Å²) in [5, 5.41) is 26.4. The standard InChI is InChI=1S/C27H32FN7O3S2/c1-25(5-6-25)33-40(37,38)18-13-19(27(28)9-11-34(12-10-27)23(36)17-3-2-4-17)20-14-32-22(35(20)15-18)21(30)39-24(31)26(16-29)7-8-26/h13-15,17,30-31,33H,2-12H2,1H3. The summed E-state index contributed by atoms with van der Waals surface area (Å²) in [6.07, 6.45) is 8.16. The van der Waals surface area contributed by atoms with Crippen molar-refractivity contribution >= 4 is 43.3 Å². The Morgan fingerprint density at radius 1 is 1.20 bits per heavy atom. The largest absolute Gasteiger partial charge is 0.342 e. The third-order valence-electron chi connectivity index (χ3n) is 8.92. The van der Waals surface area contributed by atoms with Crippen LogP contribution in [0.3, 0.4) is 0 Å². The third-order valence-corrected chi connectivity index (χ3v) is 11.5. The number of alkyl halides is 1. The highest BCUT2D eigenvalue weighted by Gasteiger charge is 2.49. The van der Waals surface area contributed by atoms with Crippen LogP contribution >= 0.6 is 11.8 Å². The van der Waals surface area contributed by atoms with E-state index in [2.05, 4.69) is 15.8 Å². The molecule has 1 amide bonds. The van der Waals surface area contributed by atoms with Gasteiger partial charge in [0.05, 0.1) is 27.7 Å². The SMILES string of the molecule is CC1(NS(=O)(=O)c2cc(C3(F)CCN(C(=O)C4CCC4)CC3)c3cnc(C(=N)SC(=N)C4(C#N)CC4)n3c2)CC1. The molecule has 2 aromatic rings. The van der Waals surface area contributed by atoms with Crippen LogP contribution in [0, 0.1) is 33.5 Å². The number of hydrogen-bond acceptors (Lipinski definition) is 8. The number of halogens is 1. The number of amides is 1. The van der Waals surface area contributed by atoms with Gasteiger partial charge in [0.15, 0.2) is 5.82 Å². The van der Waals surface area contributed by atoms with E-state index < -0.39 is 26.6 Å². The lowest BCUT2D eigenvalue weighted by molar-refractivity contribution is -0.141. The molecule has 3 aliphatic carbocycles. The maximum Gasteiger partial charge on any atom is 0.242 e. The van der Waals surface area contributed by atoms with Gasteiger partial charge in [-0.05, 0) is 51.5 Å². The second-order valence-corrected chi connectivity index (χ2v) is 14.7. The number of nitriles is 1. The summed E-state index contributed by atoms with van der Waals surface area (Å²) in [4.78, 5) is 18.7. The molecule has 1 aliphatic heterocycles. The maximum absolute atomic E-state index is 16.8. The second-order valence-electron chi connectivity index (χ2n) is 12.0. The van der Waals surface area contributed by atoms with E-state index in [0.29, 0.717) is 31.2 Å². The summed E-state index contributed by atoms with van der Waals surface area (Å²) in [6.45, 7) is 2.30. The van der Waals surface area contributed by atoms with Crippen molar-refractivity contribution < 1.29 is 17.6 Å². The van der Waals surface area contributed by atoms with Crippen molar-refractivity contribution in [1.82, 2.24) is 19.0 Å². The number of carbonyl (C=O) groups excluding carboxylic acids is 1. The van der Waals surface area contributed by atoms with Crippen molar-refractivity contribution in [1.29, 1.82) is 16.1 Å². The summed E-state index contributed by atoms with van der Waals surface area (Å²) >= 11 is 0.812. The molecule has 3 N–H and O–H groups in total. The fourth-order valence-corrected chi connectivity index (χ4v) is 7.82. The molecule has 0 atom stereocenters. The molecule has 0 radical (unpaired) electrons. The van der Waals surface area contributed by atoms with E-state index in [0.717, 1.165) is 31.0 Å². The molecule has 1 saturated heterocycles. The van der Waals surface area contributed by atoms with Crippen molar-refractivity contribution in [3.05, 3.63) is 29.8 Å². The van der Waals surface area contributed by atoms with Gasteiger partial charge in [-0.2, -0.15) is 5.26 Å². The smallest absolute Gasteiger partial charge is 0.242 e.